The predicted octanol–water partition coefficient (Wildman–Crippen LogP) is 6.12. The monoisotopic (exact) mass is 568 g/mol. The third kappa shape index (κ3) is 5.88. The Balaban J connectivity index is 1.37. The van der Waals surface area contributed by atoms with Crippen molar-refractivity contribution in [2.75, 3.05) is 16.2 Å². The second-order valence-electron chi connectivity index (χ2n) is 11.1. The first-order valence-electron chi connectivity index (χ1n) is 13.3. The van der Waals surface area contributed by atoms with Gasteiger partial charge in [0.25, 0.3) is 15.9 Å². The van der Waals surface area contributed by atoms with E-state index in [9.17, 15) is 18.0 Å². The number of nitrogens with one attached hydrogen (secondary N) is 1. The number of nitrogens with zero attached hydrogens (tertiary/aromatic N) is 1. The number of benzene rings is 4. The number of carbonyl (C=O) groups is 2. The lowest BCUT2D eigenvalue weighted by atomic mass is 9.86. The van der Waals surface area contributed by atoms with Gasteiger partial charge in [0.1, 0.15) is 5.75 Å². The molecule has 0 aromatic heterocycles. The highest BCUT2D eigenvalue weighted by molar-refractivity contribution is 7.92. The Kier molecular flexibility index (Phi) is 7.44. The summed E-state index contributed by atoms with van der Waals surface area (Å²) in [5.74, 6) is -0.403. The van der Waals surface area contributed by atoms with Gasteiger partial charge in [-0.25, -0.2) is 8.42 Å². The number of hydrogen-bond acceptors (Lipinski definition) is 5. The Labute approximate surface area is 240 Å². The zero-order chi connectivity index (χ0) is 29.4. The minimum Gasteiger partial charge on any atom is -0.476 e. The summed E-state index contributed by atoms with van der Waals surface area (Å²) in [6, 6.07) is 27.5. The lowest BCUT2D eigenvalue weighted by Crippen LogP contribution is -2.48. The molecule has 1 N–H and O–H groups in total. The average Bonchev–Trinajstić information content (AvgIpc) is 2.96. The van der Waals surface area contributed by atoms with Crippen LogP contribution >= 0.6 is 0 Å². The summed E-state index contributed by atoms with van der Waals surface area (Å²) in [6.07, 6.45) is -1.12. The molecule has 1 amide bonds. The molecule has 4 aromatic rings. The summed E-state index contributed by atoms with van der Waals surface area (Å²) in [6.45, 7) is 8.01. The number of aryl methyl sites for hydroxylation is 1. The van der Waals surface area contributed by atoms with Gasteiger partial charge >= 0.3 is 0 Å². The lowest BCUT2D eigenvalue weighted by molar-refractivity contribution is -0.122. The van der Waals surface area contributed by atoms with Gasteiger partial charge in [0.05, 0.1) is 17.1 Å². The van der Waals surface area contributed by atoms with E-state index in [1.165, 1.54) is 4.31 Å². The number of para-hydroxylation sites is 2. The molecule has 8 heteroatoms. The molecule has 4 aromatic carbocycles. The molecule has 5 rings (SSSR count). The molecule has 1 atom stereocenters. The van der Waals surface area contributed by atoms with Crippen LogP contribution in [0.1, 0.15) is 47.8 Å². The van der Waals surface area contributed by atoms with Crippen molar-refractivity contribution >= 4 is 33.1 Å². The summed E-state index contributed by atoms with van der Waals surface area (Å²) in [5.41, 5.74) is 3.77. The number of hydrogen-bond donors (Lipinski definition) is 1. The second kappa shape index (κ2) is 10.9. The first-order valence-corrected chi connectivity index (χ1v) is 14.8. The zero-order valence-corrected chi connectivity index (χ0v) is 24.2. The van der Waals surface area contributed by atoms with Crippen LogP contribution in [0.5, 0.6) is 5.75 Å². The Morgan fingerprint density at radius 1 is 0.854 bits per heavy atom. The average molecular weight is 569 g/mol. The Hall–Kier alpha value is -4.43. The van der Waals surface area contributed by atoms with Crippen molar-refractivity contribution in [2.45, 2.75) is 44.1 Å². The molecule has 0 fully saturated rings. The van der Waals surface area contributed by atoms with Crippen LogP contribution in [-0.2, 0) is 20.2 Å². The topological polar surface area (TPSA) is 92.8 Å². The molecule has 0 bridgehead atoms. The standard InChI is InChI=1S/C33H32N2O5S/c1-22-12-18-27(19-13-22)41(38,39)35-21-30(40-29-11-6-5-10-28(29)35)32(37)34-26-9-7-8-24(20-26)31(36)23-14-16-25(17-15-23)33(2,3)4/h5-20,30H,21H2,1-4H3,(H,34,37). The molecule has 0 aliphatic carbocycles. The molecule has 1 aliphatic rings. The molecule has 0 radical (unpaired) electrons. The van der Waals surface area contributed by atoms with E-state index < -0.39 is 22.0 Å². The molecular weight excluding hydrogens is 536 g/mol. The molecule has 0 saturated carbocycles. The number of ketones is 1. The summed E-state index contributed by atoms with van der Waals surface area (Å²) in [4.78, 5) is 26.7. The van der Waals surface area contributed by atoms with Gasteiger partial charge in [0.2, 0.25) is 0 Å². The maximum absolute atomic E-state index is 13.6. The number of fused-ring (bicyclic) bond motifs is 1. The first kappa shape index (κ1) is 28.1. The maximum Gasteiger partial charge on any atom is 0.267 e. The van der Waals surface area contributed by atoms with Gasteiger partial charge in [-0.2, -0.15) is 0 Å². The van der Waals surface area contributed by atoms with E-state index in [-0.39, 0.29) is 28.4 Å². The predicted molar refractivity (Wildman–Crippen MR) is 160 cm³/mol. The fourth-order valence-corrected chi connectivity index (χ4v) is 6.13. The van der Waals surface area contributed by atoms with E-state index in [2.05, 4.69) is 26.1 Å². The highest BCUT2D eigenvalue weighted by Crippen LogP contribution is 2.37. The van der Waals surface area contributed by atoms with Crippen LogP contribution in [-0.4, -0.2) is 32.8 Å². The Morgan fingerprint density at radius 2 is 1.54 bits per heavy atom. The van der Waals surface area contributed by atoms with Crippen LogP contribution < -0.4 is 14.4 Å². The number of rotatable bonds is 6. The van der Waals surface area contributed by atoms with Crippen LogP contribution in [0.15, 0.2) is 102 Å². The van der Waals surface area contributed by atoms with Crippen molar-refractivity contribution in [3.8, 4) is 5.75 Å². The Morgan fingerprint density at radius 3 is 2.22 bits per heavy atom. The van der Waals surface area contributed by atoms with Crippen LogP contribution in [0.25, 0.3) is 0 Å². The third-order valence-electron chi connectivity index (χ3n) is 7.04. The third-order valence-corrected chi connectivity index (χ3v) is 8.84. The van der Waals surface area contributed by atoms with E-state index >= 15 is 0 Å². The minimum atomic E-state index is -3.96. The quantitative estimate of drug-likeness (QED) is 0.283. The van der Waals surface area contributed by atoms with Crippen molar-refractivity contribution in [1.29, 1.82) is 0 Å². The van der Waals surface area contributed by atoms with Crippen molar-refractivity contribution in [2.24, 2.45) is 0 Å². The fraction of sp³-hybridized carbons (Fsp3) is 0.212. The molecule has 7 nitrogen and oxygen atoms in total. The maximum atomic E-state index is 13.6. The van der Waals surface area contributed by atoms with E-state index in [4.69, 9.17) is 4.74 Å². The van der Waals surface area contributed by atoms with Crippen LogP contribution in [0.4, 0.5) is 11.4 Å². The van der Waals surface area contributed by atoms with Gasteiger partial charge in [-0.15, -0.1) is 0 Å². The van der Waals surface area contributed by atoms with Gasteiger partial charge in [0.15, 0.2) is 11.9 Å². The molecule has 41 heavy (non-hydrogen) atoms. The van der Waals surface area contributed by atoms with Crippen molar-refractivity contribution < 1.29 is 22.7 Å². The van der Waals surface area contributed by atoms with Crippen LogP contribution in [0.3, 0.4) is 0 Å². The molecule has 1 unspecified atom stereocenters. The number of carbonyl (C=O) groups excluding carboxylic acids is 2. The van der Waals surface area contributed by atoms with E-state index in [1.807, 2.05) is 31.2 Å². The molecule has 0 saturated heterocycles. The smallest absolute Gasteiger partial charge is 0.267 e. The minimum absolute atomic E-state index is 0.0253. The fourth-order valence-electron chi connectivity index (χ4n) is 4.65. The van der Waals surface area contributed by atoms with Gasteiger partial charge in [-0.1, -0.05) is 87.0 Å². The van der Waals surface area contributed by atoms with Crippen molar-refractivity contribution in [3.05, 3.63) is 119 Å². The highest BCUT2D eigenvalue weighted by atomic mass is 32.2. The Bertz CT molecular complexity index is 1710. The van der Waals surface area contributed by atoms with Gasteiger partial charge in [0, 0.05) is 16.8 Å². The molecule has 1 heterocycles. The normalized spacial score (nSPS) is 15.0. The summed E-state index contributed by atoms with van der Waals surface area (Å²) in [7, 11) is -3.96. The molecule has 210 valence electrons. The first-order chi connectivity index (χ1) is 19.4. The second-order valence-corrected chi connectivity index (χ2v) is 13.0. The van der Waals surface area contributed by atoms with Crippen molar-refractivity contribution in [3.63, 3.8) is 0 Å². The number of sulfonamides is 1. The summed E-state index contributed by atoms with van der Waals surface area (Å²) in [5, 5.41) is 2.80. The number of amides is 1. The van der Waals surface area contributed by atoms with Gasteiger partial charge in [-0.3, -0.25) is 13.9 Å². The highest BCUT2D eigenvalue weighted by Gasteiger charge is 2.37. The lowest BCUT2D eigenvalue weighted by Gasteiger charge is -2.34. The van der Waals surface area contributed by atoms with Crippen LogP contribution in [0, 0.1) is 6.92 Å². The number of ether oxygens (including phenoxy) is 1. The van der Waals surface area contributed by atoms with E-state index in [0.29, 0.717) is 22.5 Å². The van der Waals surface area contributed by atoms with Crippen LogP contribution in [0.2, 0.25) is 0 Å². The zero-order valence-electron chi connectivity index (χ0n) is 23.4. The largest absolute Gasteiger partial charge is 0.476 e. The van der Waals surface area contributed by atoms with E-state index in [0.717, 1.165) is 11.1 Å². The summed E-state index contributed by atoms with van der Waals surface area (Å²) >= 11 is 0. The van der Waals surface area contributed by atoms with Gasteiger partial charge in [-0.05, 0) is 54.3 Å². The molecular formula is C33H32N2O5S. The molecule has 1 aliphatic heterocycles. The SMILES string of the molecule is Cc1ccc(S(=O)(=O)N2CC(C(=O)Nc3cccc(C(=O)c4ccc(C(C)(C)C)cc4)c3)Oc3ccccc32)cc1. The van der Waals surface area contributed by atoms with E-state index in [1.54, 1.807) is 72.8 Å². The summed E-state index contributed by atoms with van der Waals surface area (Å²) < 4.78 is 34.4. The number of anilines is 2. The molecule has 0 spiro atoms. The van der Waals surface area contributed by atoms with Crippen molar-refractivity contribution in [1.82, 2.24) is 0 Å². The van der Waals surface area contributed by atoms with Gasteiger partial charge < -0.3 is 10.1 Å².